The number of para-hydroxylation sites is 2. The van der Waals surface area contributed by atoms with Gasteiger partial charge in [-0.3, -0.25) is 0 Å². The van der Waals surface area contributed by atoms with Gasteiger partial charge >= 0.3 is 0 Å². The van der Waals surface area contributed by atoms with Crippen LogP contribution in [-0.2, 0) is 0 Å². The highest BCUT2D eigenvalue weighted by Gasteiger charge is 2.12. The smallest absolute Gasteiger partial charge is 0.149 e. The summed E-state index contributed by atoms with van der Waals surface area (Å²) in [5.74, 6) is 1.56. The van der Waals surface area contributed by atoms with E-state index < -0.39 is 0 Å². The van der Waals surface area contributed by atoms with Crippen LogP contribution in [0.2, 0.25) is 5.02 Å². The molecule has 1 heterocycles. The number of methoxy groups -OCH3 is 2. The van der Waals surface area contributed by atoms with Crippen molar-refractivity contribution in [2.45, 2.75) is 0 Å². The zero-order chi connectivity index (χ0) is 17.1. The summed E-state index contributed by atoms with van der Waals surface area (Å²) >= 11 is 6.18. The van der Waals surface area contributed by atoms with Crippen LogP contribution in [-0.4, -0.2) is 24.2 Å². The van der Waals surface area contributed by atoms with Gasteiger partial charge in [0.2, 0.25) is 0 Å². The fourth-order valence-electron chi connectivity index (χ4n) is 2.39. The Kier molecular flexibility index (Phi) is 4.41. The van der Waals surface area contributed by atoms with Crippen molar-refractivity contribution in [2.24, 2.45) is 0 Å². The number of halogens is 1. The fraction of sp³-hybridized carbons (Fsp3) is 0.111. The summed E-state index contributed by atoms with van der Waals surface area (Å²) in [6.45, 7) is 0. The Bertz CT molecular complexity index is 937. The first-order valence-electron chi connectivity index (χ1n) is 7.14. The maximum absolute atomic E-state index is 9.52. The molecule has 1 aromatic heterocycles. The van der Waals surface area contributed by atoms with Crippen molar-refractivity contribution in [2.75, 3.05) is 14.2 Å². The Morgan fingerprint density at radius 1 is 1.21 bits per heavy atom. The molecule has 6 heteroatoms. The zero-order valence-electron chi connectivity index (χ0n) is 13.1. The minimum absolute atomic E-state index is 0.380. The predicted octanol–water partition coefficient (Wildman–Crippen LogP) is 4.30. The maximum Gasteiger partial charge on any atom is 0.149 e. The number of imidazole rings is 1. The molecule has 0 amide bonds. The quantitative estimate of drug-likeness (QED) is 0.719. The van der Waals surface area contributed by atoms with E-state index in [1.807, 2.05) is 24.3 Å². The zero-order valence-corrected chi connectivity index (χ0v) is 13.9. The number of nitrogens with one attached hydrogen (secondary N) is 1. The third-order valence-electron chi connectivity index (χ3n) is 3.57. The third-order valence-corrected chi connectivity index (χ3v) is 3.86. The molecule has 0 radical (unpaired) electrons. The summed E-state index contributed by atoms with van der Waals surface area (Å²) in [6, 6.07) is 13.1. The van der Waals surface area contributed by atoms with Gasteiger partial charge in [0, 0.05) is 11.6 Å². The summed E-state index contributed by atoms with van der Waals surface area (Å²) in [5, 5.41) is 9.96. The summed E-state index contributed by atoms with van der Waals surface area (Å²) in [5.41, 5.74) is 2.72. The molecule has 1 N–H and O–H groups in total. The number of H-pyrrole nitrogens is 1. The molecule has 0 aliphatic carbocycles. The van der Waals surface area contributed by atoms with E-state index in [2.05, 4.69) is 16.0 Å². The molecule has 3 rings (SSSR count). The number of hydrogen-bond acceptors (Lipinski definition) is 4. The second kappa shape index (κ2) is 6.65. The molecule has 0 fully saturated rings. The molecule has 2 aromatic carbocycles. The number of ether oxygens (including phenoxy) is 2. The minimum Gasteiger partial charge on any atom is -0.496 e. The van der Waals surface area contributed by atoms with Crippen molar-refractivity contribution in [3.8, 4) is 17.6 Å². The Labute approximate surface area is 144 Å². The standard InChI is InChI=1S/C18H14ClN3O2/c1-23-16-9-17(24-2)13(19)8-11(16)7-12(10-20)18-21-14-5-3-4-6-15(14)22-18/h3-9H,1-2H3,(H,21,22)/b12-7+. The SMILES string of the molecule is COc1cc(OC)c(/C=C(\C#N)c2nc3ccccc3[nH]2)cc1Cl. The summed E-state index contributed by atoms with van der Waals surface area (Å²) in [4.78, 5) is 7.59. The third kappa shape index (κ3) is 2.92. The lowest BCUT2D eigenvalue weighted by molar-refractivity contribution is 0.394. The molecule has 0 saturated heterocycles. The molecule has 3 aromatic rings. The number of benzene rings is 2. The van der Waals surface area contributed by atoms with Gasteiger partial charge in [0.15, 0.2) is 0 Å². The molecule has 0 atom stereocenters. The lowest BCUT2D eigenvalue weighted by Gasteiger charge is -2.09. The van der Waals surface area contributed by atoms with Crippen molar-refractivity contribution in [3.63, 3.8) is 0 Å². The molecular formula is C18H14ClN3O2. The maximum atomic E-state index is 9.52. The van der Waals surface area contributed by atoms with E-state index in [0.29, 0.717) is 33.5 Å². The van der Waals surface area contributed by atoms with Gasteiger partial charge in [-0.15, -0.1) is 0 Å². The number of aromatic amines is 1. The second-order valence-electron chi connectivity index (χ2n) is 5.00. The van der Waals surface area contributed by atoms with E-state index in [4.69, 9.17) is 21.1 Å². The average Bonchev–Trinajstić information content (AvgIpc) is 3.03. The topological polar surface area (TPSA) is 70.9 Å². The Morgan fingerprint density at radius 3 is 2.62 bits per heavy atom. The molecule has 0 bridgehead atoms. The highest BCUT2D eigenvalue weighted by molar-refractivity contribution is 6.32. The van der Waals surface area contributed by atoms with Crippen LogP contribution in [0.25, 0.3) is 22.7 Å². The van der Waals surface area contributed by atoms with Gasteiger partial charge in [0.05, 0.1) is 35.8 Å². The predicted molar refractivity (Wildman–Crippen MR) is 94.1 cm³/mol. The molecule has 0 aliphatic heterocycles. The normalized spacial score (nSPS) is 11.3. The van der Waals surface area contributed by atoms with E-state index in [0.717, 1.165) is 11.0 Å². The van der Waals surface area contributed by atoms with E-state index in [1.54, 1.807) is 25.3 Å². The average molecular weight is 340 g/mol. The molecule has 120 valence electrons. The Morgan fingerprint density at radius 2 is 1.96 bits per heavy atom. The highest BCUT2D eigenvalue weighted by atomic mass is 35.5. The molecule has 24 heavy (non-hydrogen) atoms. The second-order valence-corrected chi connectivity index (χ2v) is 5.41. The fourth-order valence-corrected chi connectivity index (χ4v) is 2.63. The highest BCUT2D eigenvalue weighted by Crippen LogP contribution is 2.34. The first-order chi connectivity index (χ1) is 11.7. The largest absolute Gasteiger partial charge is 0.496 e. The van der Waals surface area contributed by atoms with Crippen molar-refractivity contribution >= 4 is 34.3 Å². The van der Waals surface area contributed by atoms with Gasteiger partial charge in [0.1, 0.15) is 23.4 Å². The van der Waals surface area contributed by atoms with E-state index in [9.17, 15) is 5.26 Å². The van der Waals surface area contributed by atoms with Gasteiger partial charge in [-0.05, 0) is 24.3 Å². The molecule has 0 unspecified atom stereocenters. The van der Waals surface area contributed by atoms with E-state index in [-0.39, 0.29) is 0 Å². The summed E-state index contributed by atoms with van der Waals surface area (Å²) in [6.07, 6.45) is 1.68. The Hall–Kier alpha value is -2.97. The van der Waals surface area contributed by atoms with Crippen LogP contribution < -0.4 is 9.47 Å². The number of aromatic nitrogens is 2. The Balaban J connectivity index is 2.11. The number of rotatable bonds is 4. The number of allylic oxidation sites excluding steroid dienone is 1. The molecular weight excluding hydrogens is 326 g/mol. The molecule has 0 saturated carbocycles. The van der Waals surface area contributed by atoms with Crippen LogP contribution in [0.15, 0.2) is 36.4 Å². The van der Waals surface area contributed by atoms with Crippen LogP contribution in [0.3, 0.4) is 0 Å². The van der Waals surface area contributed by atoms with Crippen molar-refractivity contribution < 1.29 is 9.47 Å². The van der Waals surface area contributed by atoms with Crippen LogP contribution >= 0.6 is 11.6 Å². The lowest BCUT2D eigenvalue weighted by Crippen LogP contribution is -1.92. The van der Waals surface area contributed by atoms with Crippen LogP contribution in [0.5, 0.6) is 11.5 Å². The van der Waals surface area contributed by atoms with Gasteiger partial charge in [-0.2, -0.15) is 5.26 Å². The van der Waals surface area contributed by atoms with Gasteiger partial charge in [0.25, 0.3) is 0 Å². The van der Waals surface area contributed by atoms with Crippen molar-refractivity contribution in [1.82, 2.24) is 9.97 Å². The van der Waals surface area contributed by atoms with Crippen LogP contribution in [0.4, 0.5) is 0 Å². The summed E-state index contributed by atoms with van der Waals surface area (Å²) in [7, 11) is 3.08. The molecule has 0 aliphatic rings. The van der Waals surface area contributed by atoms with Gasteiger partial charge in [-0.1, -0.05) is 23.7 Å². The van der Waals surface area contributed by atoms with Crippen LogP contribution in [0, 0.1) is 11.3 Å². The monoisotopic (exact) mass is 339 g/mol. The van der Waals surface area contributed by atoms with Crippen molar-refractivity contribution in [1.29, 1.82) is 5.26 Å². The van der Waals surface area contributed by atoms with Gasteiger partial charge in [-0.25, -0.2) is 4.98 Å². The summed E-state index contributed by atoms with van der Waals surface area (Å²) < 4.78 is 10.5. The first kappa shape index (κ1) is 15.9. The van der Waals surface area contributed by atoms with E-state index >= 15 is 0 Å². The lowest BCUT2D eigenvalue weighted by atomic mass is 10.1. The van der Waals surface area contributed by atoms with Gasteiger partial charge < -0.3 is 14.5 Å². The van der Waals surface area contributed by atoms with Crippen LogP contribution in [0.1, 0.15) is 11.4 Å². The number of nitrogens with zero attached hydrogens (tertiary/aromatic N) is 2. The minimum atomic E-state index is 0.380. The molecule has 5 nitrogen and oxygen atoms in total. The number of hydrogen-bond donors (Lipinski definition) is 1. The number of nitriles is 1. The van der Waals surface area contributed by atoms with Crippen molar-refractivity contribution in [3.05, 3.63) is 52.8 Å². The van der Waals surface area contributed by atoms with E-state index in [1.165, 1.54) is 7.11 Å². The molecule has 0 spiro atoms. The number of fused-ring (bicyclic) bond motifs is 1. The first-order valence-corrected chi connectivity index (χ1v) is 7.52.